The quantitative estimate of drug-likeness (QED) is 0.345. The minimum atomic E-state index is -0.327. The summed E-state index contributed by atoms with van der Waals surface area (Å²) in [4.78, 5) is 30.1. The van der Waals surface area contributed by atoms with Gasteiger partial charge in [0, 0.05) is 6.07 Å². The summed E-state index contributed by atoms with van der Waals surface area (Å²) in [6.45, 7) is 8.14. The fourth-order valence-corrected chi connectivity index (χ4v) is 2.32. The van der Waals surface area contributed by atoms with Crippen LogP contribution in [0.15, 0.2) is 24.5 Å². The highest BCUT2D eigenvalue weighted by Crippen LogP contribution is 2.19. The Hall–Kier alpha value is -1.18. The van der Waals surface area contributed by atoms with E-state index in [4.69, 9.17) is 4.84 Å². The summed E-state index contributed by atoms with van der Waals surface area (Å²) in [5.41, 5.74) is 0.497. The van der Waals surface area contributed by atoms with Crippen LogP contribution < -0.4 is 28.5 Å². The molecule has 0 aliphatic heterocycles. The number of amides is 1. The van der Waals surface area contributed by atoms with Gasteiger partial charge in [-0.15, -0.1) is 0 Å². The highest BCUT2D eigenvalue weighted by molar-refractivity contribution is 5.93. The van der Waals surface area contributed by atoms with E-state index in [0.717, 1.165) is 17.9 Å². The fraction of sp³-hybridized carbons (Fsp3) is 0.588. The standard InChI is InChI=1S/C17H27N2O3.HI/c1-6-9-15(13(3)4)17(21)22-19(7-2)16(20)14-10-8-11-18(5)12-14;/h8,10-13,15H,6-7,9H2,1-5H3;1H/q+1;/p-1. The van der Waals surface area contributed by atoms with Gasteiger partial charge >= 0.3 is 5.97 Å². The van der Waals surface area contributed by atoms with E-state index in [9.17, 15) is 9.59 Å². The van der Waals surface area contributed by atoms with Crippen LogP contribution in [-0.2, 0) is 16.7 Å². The SMILES string of the molecule is CCCC(C(=O)ON(CC)C(=O)c1ccc[n+](C)c1)C(C)C.[I-]. The largest absolute Gasteiger partial charge is 1.00 e. The molecular formula is C17H27IN2O3. The molecule has 1 amide bonds. The Morgan fingerprint density at radius 2 is 1.96 bits per heavy atom. The Kier molecular flexibility index (Phi) is 10.0. The molecule has 1 atom stereocenters. The van der Waals surface area contributed by atoms with Crippen molar-refractivity contribution in [2.75, 3.05) is 6.54 Å². The third-order valence-electron chi connectivity index (χ3n) is 3.61. The van der Waals surface area contributed by atoms with Crippen LogP contribution in [0.5, 0.6) is 0 Å². The number of carbonyl (C=O) groups is 2. The zero-order chi connectivity index (χ0) is 16.7. The van der Waals surface area contributed by atoms with Gasteiger partial charge in [0.1, 0.15) is 12.6 Å². The molecule has 5 nitrogen and oxygen atoms in total. The maximum atomic E-state index is 12.4. The van der Waals surface area contributed by atoms with Crippen molar-refractivity contribution in [2.24, 2.45) is 18.9 Å². The second-order valence-corrected chi connectivity index (χ2v) is 5.81. The van der Waals surface area contributed by atoms with Crippen molar-refractivity contribution in [2.45, 2.75) is 40.5 Å². The molecule has 23 heavy (non-hydrogen) atoms. The molecule has 0 radical (unpaired) electrons. The summed E-state index contributed by atoms with van der Waals surface area (Å²) < 4.78 is 1.79. The predicted octanol–water partition coefficient (Wildman–Crippen LogP) is -0.492. The summed E-state index contributed by atoms with van der Waals surface area (Å²) in [5.74, 6) is -0.618. The molecular weight excluding hydrogens is 407 g/mol. The molecule has 0 saturated carbocycles. The van der Waals surface area contributed by atoms with Crippen molar-refractivity contribution in [3.63, 3.8) is 0 Å². The van der Waals surface area contributed by atoms with E-state index >= 15 is 0 Å². The number of hydroxylamine groups is 2. The van der Waals surface area contributed by atoms with E-state index < -0.39 is 0 Å². The highest BCUT2D eigenvalue weighted by Gasteiger charge is 2.27. The summed E-state index contributed by atoms with van der Waals surface area (Å²) in [6, 6.07) is 3.50. The monoisotopic (exact) mass is 434 g/mol. The van der Waals surface area contributed by atoms with E-state index in [0.29, 0.717) is 12.1 Å². The molecule has 1 unspecified atom stereocenters. The maximum absolute atomic E-state index is 12.4. The lowest BCUT2D eigenvalue weighted by Gasteiger charge is -2.24. The van der Waals surface area contributed by atoms with E-state index in [1.165, 1.54) is 0 Å². The maximum Gasteiger partial charge on any atom is 0.335 e. The average molecular weight is 434 g/mol. The number of carbonyl (C=O) groups excluding carboxylic acids is 2. The van der Waals surface area contributed by atoms with E-state index in [1.54, 1.807) is 29.8 Å². The number of pyridine rings is 1. The number of nitrogens with zero attached hydrogens (tertiary/aromatic N) is 2. The predicted molar refractivity (Wildman–Crippen MR) is 83.7 cm³/mol. The smallest absolute Gasteiger partial charge is 0.335 e. The summed E-state index contributed by atoms with van der Waals surface area (Å²) in [7, 11) is 1.84. The molecule has 0 fully saturated rings. The first-order valence-electron chi connectivity index (χ1n) is 7.89. The number of aromatic nitrogens is 1. The first-order valence-corrected chi connectivity index (χ1v) is 7.89. The molecule has 1 rings (SSSR count). The van der Waals surface area contributed by atoms with Crippen molar-refractivity contribution in [3.05, 3.63) is 30.1 Å². The van der Waals surface area contributed by atoms with E-state index in [1.807, 2.05) is 34.0 Å². The van der Waals surface area contributed by atoms with Gasteiger partial charge in [0.05, 0.1) is 12.5 Å². The van der Waals surface area contributed by atoms with E-state index in [-0.39, 0.29) is 47.7 Å². The molecule has 1 aromatic heterocycles. The Labute approximate surface area is 156 Å². The van der Waals surface area contributed by atoms with Gasteiger partial charge in [-0.25, -0.2) is 9.36 Å². The number of aryl methyl sites for hydroxylation is 1. The first-order chi connectivity index (χ1) is 10.4. The molecule has 130 valence electrons. The average Bonchev–Trinajstić information content (AvgIpc) is 2.49. The summed E-state index contributed by atoms with van der Waals surface area (Å²) in [6.07, 6.45) is 5.23. The second-order valence-electron chi connectivity index (χ2n) is 5.81. The van der Waals surface area contributed by atoms with Crippen LogP contribution in [0.4, 0.5) is 0 Å². The molecule has 0 saturated heterocycles. The molecule has 0 N–H and O–H groups in total. The minimum absolute atomic E-state index is 0. The number of hydrogen-bond donors (Lipinski definition) is 0. The minimum Gasteiger partial charge on any atom is -1.00 e. The molecule has 1 heterocycles. The normalized spacial score (nSPS) is 11.6. The van der Waals surface area contributed by atoms with Crippen LogP contribution in [-0.4, -0.2) is 23.5 Å². The topological polar surface area (TPSA) is 50.5 Å². The molecule has 1 aromatic rings. The van der Waals surface area contributed by atoms with Crippen molar-refractivity contribution in [3.8, 4) is 0 Å². The zero-order valence-corrected chi connectivity index (χ0v) is 16.7. The Morgan fingerprint density at radius 1 is 1.30 bits per heavy atom. The molecule has 0 bridgehead atoms. The van der Waals surface area contributed by atoms with Gasteiger partial charge in [-0.05, 0) is 25.3 Å². The number of rotatable bonds is 6. The molecule has 6 heteroatoms. The van der Waals surface area contributed by atoms with Crippen molar-refractivity contribution >= 4 is 11.9 Å². The zero-order valence-electron chi connectivity index (χ0n) is 14.6. The van der Waals surface area contributed by atoms with Crippen LogP contribution in [0.3, 0.4) is 0 Å². The van der Waals surface area contributed by atoms with Gasteiger partial charge in [-0.1, -0.05) is 27.2 Å². The second kappa shape index (κ2) is 10.6. The van der Waals surface area contributed by atoms with E-state index in [2.05, 4.69) is 0 Å². The third kappa shape index (κ3) is 6.45. The van der Waals surface area contributed by atoms with Gasteiger partial charge in [-0.2, -0.15) is 5.06 Å². The Balaban J connectivity index is 0.00000484. The lowest BCUT2D eigenvalue weighted by Crippen LogP contribution is -3.00. The van der Waals surface area contributed by atoms with Gasteiger partial charge < -0.3 is 28.8 Å². The Bertz CT molecular complexity index is 520. The first kappa shape index (κ1) is 21.8. The highest BCUT2D eigenvalue weighted by atomic mass is 127. The van der Waals surface area contributed by atoms with Crippen LogP contribution in [0.25, 0.3) is 0 Å². The van der Waals surface area contributed by atoms with Crippen LogP contribution in [0.2, 0.25) is 0 Å². The summed E-state index contributed by atoms with van der Waals surface area (Å²) in [5, 5.41) is 1.14. The third-order valence-corrected chi connectivity index (χ3v) is 3.61. The van der Waals surface area contributed by atoms with Crippen molar-refractivity contribution in [1.82, 2.24) is 5.06 Å². The van der Waals surface area contributed by atoms with Crippen molar-refractivity contribution in [1.29, 1.82) is 0 Å². The number of halogens is 1. The lowest BCUT2D eigenvalue weighted by molar-refractivity contribution is -0.671. The summed E-state index contributed by atoms with van der Waals surface area (Å²) >= 11 is 0. The van der Waals surface area contributed by atoms with Gasteiger partial charge in [0.15, 0.2) is 12.4 Å². The van der Waals surface area contributed by atoms with Gasteiger partial charge in [-0.3, -0.25) is 4.79 Å². The molecule has 0 aliphatic rings. The molecule has 0 spiro atoms. The molecule has 0 aliphatic carbocycles. The molecule has 0 aromatic carbocycles. The van der Waals surface area contributed by atoms with Crippen LogP contribution >= 0.6 is 0 Å². The van der Waals surface area contributed by atoms with Crippen molar-refractivity contribution < 1.29 is 43.0 Å². The lowest BCUT2D eigenvalue weighted by atomic mass is 9.92. The number of hydrogen-bond acceptors (Lipinski definition) is 3. The van der Waals surface area contributed by atoms with Gasteiger partial charge in [0.2, 0.25) is 0 Å². The van der Waals surface area contributed by atoms with Crippen LogP contribution in [0.1, 0.15) is 50.9 Å². The Morgan fingerprint density at radius 3 is 2.43 bits per heavy atom. The van der Waals surface area contributed by atoms with Crippen LogP contribution in [0, 0.1) is 11.8 Å². The fourth-order valence-electron chi connectivity index (χ4n) is 2.32. The van der Waals surface area contributed by atoms with Gasteiger partial charge in [0.25, 0.3) is 5.91 Å².